The van der Waals surface area contributed by atoms with Crippen LogP contribution in [0.5, 0.6) is 0 Å². The fourth-order valence-electron chi connectivity index (χ4n) is 3.46. The molecule has 0 bridgehead atoms. The molecule has 3 aromatic rings. The van der Waals surface area contributed by atoms with E-state index < -0.39 is 17.2 Å². The quantitative estimate of drug-likeness (QED) is 0.777. The molecule has 0 atom stereocenters. The number of carboxylic acids is 1. The van der Waals surface area contributed by atoms with E-state index in [1.54, 1.807) is 22.8 Å². The van der Waals surface area contributed by atoms with Gasteiger partial charge < -0.3 is 9.67 Å². The van der Waals surface area contributed by atoms with Gasteiger partial charge in [-0.25, -0.2) is 9.18 Å². The summed E-state index contributed by atoms with van der Waals surface area (Å²) in [7, 11) is 0. The van der Waals surface area contributed by atoms with Crippen molar-refractivity contribution in [3.8, 4) is 11.1 Å². The molecule has 1 N–H and O–H groups in total. The van der Waals surface area contributed by atoms with Gasteiger partial charge in [-0.05, 0) is 56.5 Å². The number of aryl methyl sites for hydroxylation is 2. The Morgan fingerprint density at radius 3 is 2.38 bits per heavy atom. The predicted octanol–water partition coefficient (Wildman–Crippen LogP) is 3.85. The summed E-state index contributed by atoms with van der Waals surface area (Å²) in [6.45, 7) is 3.66. The summed E-state index contributed by atoms with van der Waals surface area (Å²) in [5.74, 6) is -1.66. The van der Waals surface area contributed by atoms with Gasteiger partial charge >= 0.3 is 5.97 Å². The van der Waals surface area contributed by atoms with E-state index in [1.807, 2.05) is 13.8 Å². The minimum Gasteiger partial charge on any atom is -0.477 e. The molecule has 0 aliphatic heterocycles. The minimum absolute atomic E-state index is 0.0309. The van der Waals surface area contributed by atoms with Crippen LogP contribution in [0.25, 0.3) is 22.0 Å². The van der Waals surface area contributed by atoms with E-state index in [1.165, 1.54) is 6.07 Å². The summed E-state index contributed by atoms with van der Waals surface area (Å²) in [5.41, 5.74) is 2.44. The first-order valence-corrected chi connectivity index (χ1v) is 8.43. The molecule has 0 saturated heterocycles. The Morgan fingerprint density at radius 2 is 1.81 bits per heavy atom. The average molecular weight is 352 g/mol. The van der Waals surface area contributed by atoms with Crippen molar-refractivity contribution >= 4 is 16.9 Å². The Labute approximate surface area is 148 Å². The van der Waals surface area contributed by atoms with Crippen LogP contribution in [-0.4, -0.2) is 20.6 Å². The second-order valence-corrected chi connectivity index (χ2v) is 6.79. The number of carboxylic acid groups (broad SMARTS) is 1. The van der Waals surface area contributed by atoms with Crippen molar-refractivity contribution in [2.24, 2.45) is 0 Å². The summed E-state index contributed by atoms with van der Waals surface area (Å²) in [4.78, 5) is 28.3. The second kappa shape index (κ2) is 5.76. The van der Waals surface area contributed by atoms with E-state index in [0.717, 1.165) is 30.3 Å². The zero-order valence-corrected chi connectivity index (χ0v) is 14.4. The number of halogens is 1. The summed E-state index contributed by atoms with van der Waals surface area (Å²) in [5, 5.41) is 9.70. The van der Waals surface area contributed by atoms with Crippen LogP contribution >= 0.6 is 0 Å². The largest absolute Gasteiger partial charge is 0.477 e. The highest BCUT2D eigenvalue weighted by Gasteiger charge is 2.29. The maximum atomic E-state index is 14.8. The fourth-order valence-corrected chi connectivity index (χ4v) is 3.46. The Morgan fingerprint density at radius 1 is 1.15 bits per heavy atom. The Hall–Kier alpha value is -3.02. The lowest BCUT2D eigenvalue weighted by molar-refractivity contribution is 0.0684. The molecule has 0 unspecified atom stereocenters. The van der Waals surface area contributed by atoms with Crippen LogP contribution in [0, 0.1) is 19.7 Å². The SMILES string of the molecule is Cc1cc(-c2cc3c(cc2F)c(=O)cc(C(=O)O)n3C2CC2)cc(C)n1. The first-order valence-electron chi connectivity index (χ1n) is 8.43. The van der Waals surface area contributed by atoms with Gasteiger partial charge in [-0.3, -0.25) is 9.78 Å². The molecule has 1 aliphatic carbocycles. The summed E-state index contributed by atoms with van der Waals surface area (Å²) < 4.78 is 16.4. The number of fused-ring (bicyclic) bond motifs is 1. The van der Waals surface area contributed by atoms with E-state index >= 15 is 0 Å². The molecular weight excluding hydrogens is 335 g/mol. The standard InChI is InChI=1S/C20H17FN2O3/c1-10-5-12(6-11(2)22-10)14-8-17-15(7-16(14)21)19(24)9-18(20(25)26)23(17)13-3-4-13/h5-9,13H,3-4H2,1-2H3,(H,25,26). The Bertz CT molecular complexity index is 1110. The summed E-state index contributed by atoms with van der Waals surface area (Å²) in [6, 6.07) is 7.47. The zero-order chi connectivity index (χ0) is 18.6. The van der Waals surface area contributed by atoms with Crippen LogP contribution in [0.4, 0.5) is 4.39 Å². The summed E-state index contributed by atoms with van der Waals surface area (Å²) >= 11 is 0. The van der Waals surface area contributed by atoms with Crippen LogP contribution in [0.1, 0.15) is 40.8 Å². The lowest BCUT2D eigenvalue weighted by Crippen LogP contribution is -2.17. The molecule has 26 heavy (non-hydrogen) atoms. The van der Waals surface area contributed by atoms with Gasteiger partial charge in [-0.1, -0.05) is 0 Å². The number of aromatic nitrogens is 2. The van der Waals surface area contributed by atoms with Crippen LogP contribution < -0.4 is 5.43 Å². The van der Waals surface area contributed by atoms with Crippen molar-refractivity contribution in [1.29, 1.82) is 0 Å². The molecule has 2 aromatic heterocycles. The zero-order valence-electron chi connectivity index (χ0n) is 14.4. The molecule has 4 rings (SSSR count). The number of nitrogens with zero attached hydrogens (tertiary/aromatic N) is 2. The number of benzene rings is 1. The third-order valence-corrected chi connectivity index (χ3v) is 4.66. The molecule has 1 saturated carbocycles. The molecule has 0 amide bonds. The van der Waals surface area contributed by atoms with Gasteiger partial charge in [0.1, 0.15) is 11.5 Å². The molecular formula is C20H17FN2O3. The maximum Gasteiger partial charge on any atom is 0.352 e. The van der Waals surface area contributed by atoms with Gasteiger partial charge in [0.05, 0.1) is 5.52 Å². The van der Waals surface area contributed by atoms with Crippen molar-refractivity contribution in [1.82, 2.24) is 9.55 Å². The molecule has 0 spiro atoms. The molecule has 6 heteroatoms. The molecule has 1 aliphatic rings. The van der Waals surface area contributed by atoms with Gasteiger partial charge in [-0.15, -0.1) is 0 Å². The second-order valence-electron chi connectivity index (χ2n) is 6.79. The van der Waals surface area contributed by atoms with Gasteiger partial charge in [0.2, 0.25) is 0 Å². The summed E-state index contributed by atoms with van der Waals surface area (Å²) in [6.07, 6.45) is 1.69. The predicted molar refractivity (Wildman–Crippen MR) is 96.1 cm³/mol. The average Bonchev–Trinajstić information content (AvgIpc) is 3.38. The van der Waals surface area contributed by atoms with Gasteiger partial charge in [0.25, 0.3) is 0 Å². The molecule has 5 nitrogen and oxygen atoms in total. The number of hydrogen-bond acceptors (Lipinski definition) is 3. The maximum absolute atomic E-state index is 14.8. The van der Waals surface area contributed by atoms with Crippen LogP contribution in [-0.2, 0) is 0 Å². The lowest BCUT2D eigenvalue weighted by Gasteiger charge is -2.15. The third kappa shape index (κ3) is 2.67. The van der Waals surface area contributed by atoms with Crippen molar-refractivity contribution in [2.45, 2.75) is 32.7 Å². The van der Waals surface area contributed by atoms with E-state index in [4.69, 9.17) is 0 Å². The molecule has 1 fully saturated rings. The molecule has 0 radical (unpaired) electrons. The number of aromatic carboxylic acids is 1. The van der Waals surface area contributed by atoms with Crippen LogP contribution in [0.15, 0.2) is 35.1 Å². The number of carbonyl (C=O) groups is 1. The molecule has 1 aromatic carbocycles. The third-order valence-electron chi connectivity index (χ3n) is 4.66. The fraction of sp³-hybridized carbons (Fsp3) is 0.250. The van der Waals surface area contributed by atoms with Crippen molar-refractivity contribution in [3.05, 3.63) is 63.5 Å². The van der Waals surface area contributed by atoms with E-state index in [-0.39, 0.29) is 17.1 Å². The number of pyridine rings is 2. The van der Waals surface area contributed by atoms with Gasteiger partial charge in [0.15, 0.2) is 5.43 Å². The molecule has 132 valence electrons. The lowest BCUT2D eigenvalue weighted by atomic mass is 10.0. The molecule has 2 heterocycles. The Balaban J connectivity index is 2.08. The van der Waals surface area contributed by atoms with Gasteiger partial charge in [-0.2, -0.15) is 0 Å². The topological polar surface area (TPSA) is 72.2 Å². The monoisotopic (exact) mass is 352 g/mol. The van der Waals surface area contributed by atoms with Crippen molar-refractivity contribution in [3.63, 3.8) is 0 Å². The van der Waals surface area contributed by atoms with E-state index in [2.05, 4.69) is 4.98 Å². The highest BCUT2D eigenvalue weighted by molar-refractivity contribution is 5.92. The Kier molecular flexibility index (Phi) is 3.64. The highest BCUT2D eigenvalue weighted by atomic mass is 19.1. The smallest absolute Gasteiger partial charge is 0.352 e. The van der Waals surface area contributed by atoms with Crippen molar-refractivity contribution < 1.29 is 14.3 Å². The number of rotatable bonds is 3. The van der Waals surface area contributed by atoms with Crippen molar-refractivity contribution in [2.75, 3.05) is 0 Å². The first kappa shape index (κ1) is 16.4. The highest BCUT2D eigenvalue weighted by Crippen LogP contribution is 2.39. The van der Waals surface area contributed by atoms with Crippen LogP contribution in [0.2, 0.25) is 0 Å². The van der Waals surface area contributed by atoms with Gasteiger partial charge in [0, 0.05) is 34.4 Å². The normalized spacial score (nSPS) is 14.0. The number of hydrogen-bond donors (Lipinski definition) is 1. The van der Waals surface area contributed by atoms with Crippen LogP contribution in [0.3, 0.4) is 0 Å². The first-order chi connectivity index (χ1) is 12.3. The minimum atomic E-state index is -1.16. The van der Waals surface area contributed by atoms with E-state index in [9.17, 15) is 19.1 Å². The van der Waals surface area contributed by atoms with E-state index in [0.29, 0.717) is 16.6 Å².